The average Bonchev–Trinajstić information content (AvgIpc) is 3.34. The number of rotatable bonds is 16. The van der Waals surface area contributed by atoms with Crippen LogP contribution in [0.2, 0.25) is 0 Å². The van der Waals surface area contributed by atoms with Crippen molar-refractivity contribution in [1.82, 2.24) is 20.9 Å². The molecule has 0 fully saturated rings. The van der Waals surface area contributed by atoms with Gasteiger partial charge in [0.2, 0.25) is 17.7 Å². The second kappa shape index (κ2) is 23.6. The Morgan fingerprint density at radius 1 is 0.891 bits per heavy atom. The van der Waals surface area contributed by atoms with Gasteiger partial charge in [0.25, 0.3) is 11.8 Å². The molecule has 0 saturated carbocycles. The van der Waals surface area contributed by atoms with Crippen molar-refractivity contribution in [2.45, 2.75) is 86.3 Å². The molecular formula is C32H50N6O8. The molecule has 7 amide bonds. The lowest BCUT2D eigenvalue weighted by molar-refractivity contribution is -0.142. The number of anilines is 1. The number of ether oxygens (including phenoxy) is 1. The van der Waals surface area contributed by atoms with Crippen LogP contribution >= 0.6 is 0 Å². The quantitative estimate of drug-likeness (QED) is 0.102. The molecule has 2 rings (SSSR count). The molecule has 1 aliphatic rings. The molecule has 14 nitrogen and oxygen atoms in total. The Morgan fingerprint density at radius 3 is 2.00 bits per heavy atom. The summed E-state index contributed by atoms with van der Waals surface area (Å²) in [5.41, 5.74) is 6.02. The van der Waals surface area contributed by atoms with Crippen LogP contribution in [-0.2, 0) is 40.1 Å². The van der Waals surface area contributed by atoms with E-state index < -0.39 is 23.9 Å². The number of nitrogens with one attached hydrogen (secondary N) is 4. The summed E-state index contributed by atoms with van der Waals surface area (Å²) < 4.78 is 4.91. The molecule has 0 aliphatic carbocycles. The summed E-state index contributed by atoms with van der Waals surface area (Å²) in [4.78, 5) is 82.2. The lowest BCUT2D eigenvalue weighted by Gasteiger charge is -2.21. The Hall–Kier alpha value is -4.75. The van der Waals surface area contributed by atoms with Gasteiger partial charge >= 0.3 is 12.0 Å². The number of esters is 1. The predicted molar refractivity (Wildman–Crippen MR) is 174 cm³/mol. The third-order valence-electron chi connectivity index (χ3n) is 6.10. The number of nitrogens with zero attached hydrogens (tertiary/aromatic N) is 1. The number of hydrogen-bond donors (Lipinski definition) is 5. The van der Waals surface area contributed by atoms with Crippen LogP contribution in [0.3, 0.4) is 0 Å². The van der Waals surface area contributed by atoms with Crippen LogP contribution in [0, 0.1) is 5.92 Å². The van der Waals surface area contributed by atoms with E-state index in [1.54, 1.807) is 38.1 Å². The van der Waals surface area contributed by atoms with Crippen LogP contribution in [0.5, 0.6) is 0 Å². The fourth-order valence-electron chi connectivity index (χ4n) is 3.76. The SMILES string of the molecule is CC.CC(=O)OCc1ccc(NC(=O)CNC(=O)C(NC(=O)CCCCCN2C(=O)C=CC2=O)C(C)C)cc1.CCCNC(N)=O. The first-order chi connectivity index (χ1) is 21.8. The van der Waals surface area contributed by atoms with Gasteiger partial charge in [0, 0.05) is 44.3 Å². The van der Waals surface area contributed by atoms with E-state index in [2.05, 4.69) is 21.3 Å². The highest BCUT2D eigenvalue weighted by Gasteiger charge is 2.25. The number of carbonyl (C=O) groups excluding carboxylic acids is 7. The van der Waals surface area contributed by atoms with Crippen molar-refractivity contribution in [3.63, 3.8) is 0 Å². The number of hydrogen-bond acceptors (Lipinski definition) is 8. The molecule has 1 atom stereocenters. The molecule has 0 bridgehead atoms. The second-order valence-electron chi connectivity index (χ2n) is 10.3. The topological polar surface area (TPSA) is 206 Å². The number of urea groups is 1. The fourth-order valence-corrected chi connectivity index (χ4v) is 3.76. The fraction of sp³-hybridized carbons (Fsp3) is 0.531. The molecule has 1 aliphatic heterocycles. The van der Waals surface area contributed by atoms with Gasteiger partial charge in [-0.3, -0.25) is 33.7 Å². The Kier molecular flexibility index (Phi) is 21.2. The summed E-state index contributed by atoms with van der Waals surface area (Å²) in [6.07, 6.45) is 5.39. The molecule has 0 saturated heterocycles. The third kappa shape index (κ3) is 18.1. The molecule has 0 radical (unpaired) electrons. The largest absolute Gasteiger partial charge is 0.461 e. The van der Waals surface area contributed by atoms with Crippen molar-refractivity contribution in [1.29, 1.82) is 0 Å². The van der Waals surface area contributed by atoms with Crippen LogP contribution in [0.4, 0.5) is 10.5 Å². The van der Waals surface area contributed by atoms with Crippen molar-refractivity contribution >= 4 is 47.2 Å². The number of carbonyl (C=O) groups is 7. The molecule has 0 spiro atoms. The minimum atomic E-state index is -0.799. The van der Waals surface area contributed by atoms with Crippen molar-refractivity contribution in [2.24, 2.45) is 11.7 Å². The molecule has 14 heteroatoms. The minimum Gasteiger partial charge on any atom is -0.461 e. The van der Waals surface area contributed by atoms with Crippen LogP contribution in [0.25, 0.3) is 0 Å². The summed E-state index contributed by atoms with van der Waals surface area (Å²) in [7, 11) is 0. The monoisotopic (exact) mass is 646 g/mol. The van der Waals surface area contributed by atoms with Crippen molar-refractivity contribution in [3.8, 4) is 0 Å². The van der Waals surface area contributed by atoms with Crippen LogP contribution < -0.4 is 27.0 Å². The van der Waals surface area contributed by atoms with Crippen LogP contribution in [0.15, 0.2) is 36.4 Å². The Bertz CT molecular complexity index is 1170. The highest BCUT2D eigenvalue weighted by Crippen LogP contribution is 2.11. The van der Waals surface area contributed by atoms with E-state index in [0.717, 1.165) is 16.9 Å². The number of primary amides is 1. The summed E-state index contributed by atoms with van der Waals surface area (Å²) in [6.45, 7) is 11.7. The molecule has 1 unspecified atom stereocenters. The maximum absolute atomic E-state index is 12.6. The Labute approximate surface area is 271 Å². The smallest absolute Gasteiger partial charge is 0.312 e. The van der Waals surface area contributed by atoms with E-state index in [1.165, 1.54) is 19.1 Å². The summed E-state index contributed by atoms with van der Waals surface area (Å²) in [6, 6.07) is 5.50. The lowest BCUT2D eigenvalue weighted by atomic mass is 10.0. The first-order valence-corrected chi connectivity index (χ1v) is 15.5. The summed E-state index contributed by atoms with van der Waals surface area (Å²) in [5, 5.41) is 10.4. The van der Waals surface area contributed by atoms with Crippen LogP contribution in [0.1, 0.15) is 79.2 Å². The standard InChI is InChI=1S/C26H34N4O7.C4H10N2O.C2H6/c1-17(2)25(29-21(32)7-5-4-6-14-30-23(34)12-13-24(30)35)26(36)27-15-22(33)28-20-10-8-19(9-11-20)16-37-18(3)31;1-2-3-6-4(5)7;1-2/h8-13,17,25H,4-7,14-16H2,1-3H3,(H,27,36)(H,28,33)(H,29,32);2-3H2,1H3,(H3,5,6,7);1-2H3. The minimum absolute atomic E-state index is 0.139. The zero-order valence-electron chi connectivity index (χ0n) is 27.8. The first kappa shape index (κ1) is 41.2. The highest BCUT2D eigenvalue weighted by molar-refractivity contribution is 6.12. The third-order valence-corrected chi connectivity index (χ3v) is 6.10. The van der Waals surface area contributed by atoms with E-state index >= 15 is 0 Å². The zero-order chi connectivity index (χ0) is 35.1. The normalized spacial score (nSPS) is 12.2. The van der Waals surface area contributed by atoms with E-state index in [9.17, 15) is 33.6 Å². The van der Waals surface area contributed by atoms with Crippen molar-refractivity contribution < 1.29 is 38.3 Å². The van der Waals surface area contributed by atoms with Gasteiger partial charge in [-0.15, -0.1) is 0 Å². The van der Waals surface area contributed by atoms with E-state index in [0.29, 0.717) is 38.0 Å². The second-order valence-corrected chi connectivity index (χ2v) is 10.3. The van der Waals surface area contributed by atoms with E-state index in [-0.39, 0.29) is 49.2 Å². The average molecular weight is 647 g/mol. The van der Waals surface area contributed by atoms with Gasteiger partial charge in [-0.25, -0.2) is 4.79 Å². The maximum atomic E-state index is 12.6. The van der Waals surface area contributed by atoms with Gasteiger partial charge in [-0.1, -0.05) is 53.2 Å². The predicted octanol–water partition coefficient (Wildman–Crippen LogP) is 2.52. The van der Waals surface area contributed by atoms with Crippen molar-refractivity contribution in [2.75, 3.05) is 25.0 Å². The van der Waals surface area contributed by atoms with Gasteiger partial charge in [0.1, 0.15) is 12.6 Å². The van der Waals surface area contributed by atoms with E-state index in [1.807, 2.05) is 20.8 Å². The van der Waals surface area contributed by atoms with E-state index in [4.69, 9.17) is 10.5 Å². The van der Waals surface area contributed by atoms with Gasteiger partial charge in [0.15, 0.2) is 0 Å². The van der Waals surface area contributed by atoms with Gasteiger partial charge < -0.3 is 31.7 Å². The molecular weight excluding hydrogens is 596 g/mol. The summed E-state index contributed by atoms with van der Waals surface area (Å²) >= 11 is 0. The lowest BCUT2D eigenvalue weighted by Crippen LogP contribution is -2.51. The molecule has 0 aromatic heterocycles. The number of unbranched alkanes of at least 4 members (excludes halogenated alkanes) is 2. The highest BCUT2D eigenvalue weighted by atomic mass is 16.5. The molecule has 1 aromatic carbocycles. The number of nitrogens with two attached hydrogens (primary N) is 1. The molecule has 1 aromatic rings. The van der Waals surface area contributed by atoms with Gasteiger partial charge in [0.05, 0.1) is 6.54 Å². The van der Waals surface area contributed by atoms with Crippen LogP contribution in [-0.4, -0.2) is 72.1 Å². The Balaban J connectivity index is 0.00000198. The van der Waals surface area contributed by atoms with Crippen molar-refractivity contribution in [3.05, 3.63) is 42.0 Å². The summed E-state index contributed by atoms with van der Waals surface area (Å²) in [5.74, 6) is -2.41. The molecule has 1 heterocycles. The molecule has 46 heavy (non-hydrogen) atoms. The number of imide groups is 1. The first-order valence-electron chi connectivity index (χ1n) is 15.5. The maximum Gasteiger partial charge on any atom is 0.312 e. The zero-order valence-corrected chi connectivity index (χ0v) is 27.8. The Morgan fingerprint density at radius 2 is 1.50 bits per heavy atom. The molecule has 6 N–H and O–H groups in total. The van der Waals surface area contributed by atoms with Gasteiger partial charge in [-0.2, -0.15) is 0 Å². The molecule has 256 valence electrons. The number of benzene rings is 1. The van der Waals surface area contributed by atoms with Gasteiger partial charge in [-0.05, 0) is 42.9 Å². The number of amides is 7.